The van der Waals surface area contributed by atoms with E-state index in [0.717, 1.165) is 19.3 Å². The van der Waals surface area contributed by atoms with Gasteiger partial charge in [-0.25, -0.2) is 0 Å². The molecule has 0 aromatic heterocycles. The quantitative estimate of drug-likeness (QED) is 0.398. The first-order valence-corrected chi connectivity index (χ1v) is 14.0. The molecule has 4 nitrogen and oxygen atoms in total. The first kappa shape index (κ1) is 25.0. The van der Waals surface area contributed by atoms with E-state index in [-0.39, 0.29) is 52.4 Å². The van der Waals surface area contributed by atoms with Crippen LogP contribution in [0.15, 0.2) is 11.6 Å². The maximum Gasteiger partial charge on any atom is 0.141 e. The SMILES string of the molecule is C[C@@H](C[C@@H](O)[C@@H]1OC1(C)C)[C@@H]1CC[C@]2(C)C3=CC[C@H]4[C@](C)(CCC(=O)[C@]4(C)CO)[C@H]3CC[C@@]12C. The van der Waals surface area contributed by atoms with E-state index < -0.39 is 5.41 Å². The van der Waals surface area contributed by atoms with Gasteiger partial charge in [0.05, 0.1) is 23.7 Å². The molecule has 0 amide bonds. The highest BCUT2D eigenvalue weighted by molar-refractivity contribution is 5.86. The van der Waals surface area contributed by atoms with Gasteiger partial charge in [0.15, 0.2) is 0 Å². The zero-order chi connectivity index (χ0) is 24.9. The second kappa shape index (κ2) is 7.65. The number of aliphatic hydroxyl groups is 2. The number of ether oxygens (including phenoxy) is 1. The Balaban J connectivity index is 1.41. The fourth-order valence-electron chi connectivity index (χ4n) is 10.0. The summed E-state index contributed by atoms with van der Waals surface area (Å²) < 4.78 is 5.75. The van der Waals surface area contributed by atoms with Gasteiger partial charge in [0, 0.05) is 6.42 Å². The minimum atomic E-state index is -0.599. The molecule has 3 saturated carbocycles. The Labute approximate surface area is 206 Å². The van der Waals surface area contributed by atoms with Crippen molar-refractivity contribution in [3.8, 4) is 0 Å². The fourth-order valence-corrected chi connectivity index (χ4v) is 10.0. The van der Waals surface area contributed by atoms with Crippen LogP contribution in [0.1, 0.15) is 99.8 Å². The zero-order valence-corrected chi connectivity index (χ0v) is 22.6. The van der Waals surface area contributed by atoms with Crippen LogP contribution in [0.5, 0.6) is 0 Å². The van der Waals surface area contributed by atoms with Gasteiger partial charge in [-0.05, 0) is 98.7 Å². The van der Waals surface area contributed by atoms with E-state index in [1.807, 2.05) is 6.92 Å². The number of carbonyl (C=O) groups is 1. The molecule has 4 aliphatic carbocycles. The Morgan fingerprint density at radius 2 is 1.76 bits per heavy atom. The van der Waals surface area contributed by atoms with Crippen LogP contribution < -0.4 is 0 Å². The second-order valence-electron chi connectivity index (χ2n) is 14.4. The molecule has 10 atom stereocenters. The van der Waals surface area contributed by atoms with Gasteiger partial charge in [-0.2, -0.15) is 0 Å². The second-order valence-corrected chi connectivity index (χ2v) is 14.4. The van der Waals surface area contributed by atoms with Gasteiger partial charge in [0.25, 0.3) is 0 Å². The molecule has 2 N–H and O–H groups in total. The van der Waals surface area contributed by atoms with Crippen molar-refractivity contribution in [2.45, 2.75) is 118 Å². The van der Waals surface area contributed by atoms with Crippen LogP contribution in [0, 0.1) is 45.3 Å². The van der Waals surface area contributed by atoms with Gasteiger partial charge in [-0.3, -0.25) is 4.79 Å². The largest absolute Gasteiger partial charge is 0.395 e. The van der Waals surface area contributed by atoms with Crippen molar-refractivity contribution < 1.29 is 19.7 Å². The van der Waals surface area contributed by atoms with Crippen molar-refractivity contribution >= 4 is 5.78 Å². The van der Waals surface area contributed by atoms with Gasteiger partial charge in [0.1, 0.15) is 11.9 Å². The summed E-state index contributed by atoms with van der Waals surface area (Å²) in [6.07, 6.45) is 10.3. The number of rotatable bonds is 5. The van der Waals surface area contributed by atoms with E-state index >= 15 is 0 Å². The Morgan fingerprint density at radius 3 is 2.38 bits per heavy atom. The van der Waals surface area contributed by atoms with E-state index in [0.29, 0.717) is 24.2 Å². The number of hydrogen-bond donors (Lipinski definition) is 2. The summed E-state index contributed by atoms with van der Waals surface area (Å²) in [6, 6.07) is 0. The number of fused-ring (bicyclic) bond motifs is 5. The Kier molecular flexibility index (Phi) is 5.62. The smallest absolute Gasteiger partial charge is 0.141 e. The van der Waals surface area contributed by atoms with Crippen molar-refractivity contribution in [1.82, 2.24) is 0 Å². The number of allylic oxidation sites excluding steroid dienone is 2. The molecule has 0 spiro atoms. The van der Waals surface area contributed by atoms with Crippen LogP contribution in [0.25, 0.3) is 0 Å². The third-order valence-corrected chi connectivity index (χ3v) is 12.5. The zero-order valence-electron chi connectivity index (χ0n) is 22.6. The first-order valence-electron chi connectivity index (χ1n) is 14.0. The van der Waals surface area contributed by atoms with Crippen molar-refractivity contribution in [2.75, 3.05) is 6.61 Å². The highest BCUT2D eigenvalue weighted by Crippen LogP contribution is 2.73. The minimum absolute atomic E-state index is 0.0148. The van der Waals surface area contributed by atoms with Gasteiger partial charge in [-0.15, -0.1) is 0 Å². The predicted octanol–water partition coefficient (Wildman–Crippen LogP) is 5.70. The third kappa shape index (κ3) is 3.16. The molecule has 0 bridgehead atoms. The molecular formula is C30H48O4. The minimum Gasteiger partial charge on any atom is -0.395 e. The van der Waals surface area contributed by atoms with Crippen molar-refractivity contribution in [3.05, 3.63) is 11.6 Å². The van der Waals surface area contributed by atoms with Crippen LogP contribution in [-0.4, -0.2) is 40.4 Å². The lowest BCUT2D eigenvalue weighted by atomic mass is 9.41. The highest BCUT2D eigenvalue weighted by atomic mass is 16.6. The molecule has 0 aromatic carbocycles. The molecule has 34 heavy (non-hydrogen) atoms. The van der Waals surface area contributed by atoms with E-state index in [9.17, 15) is 15.0 Å². The maximum atomic E-state index is 12.9. The Morgan fingerprint density at radius 1 is 1.09 bits per heavy atom. The lowest BCUT2D eigenvalue weighted by Crippen LogP contribution is -2.58. The van der Waals surface area contributed by atoms with Crippen molar-refractivity contribution in [1.29, 1.82) is 0 Å². The summed E-state index contributed by atoms with van der Waals surface area (Å²) >= 11 is 0. The van der Waals surface area contributed by atoms with E-state index in [1.54, 1.807) is 5.57 Å². The summed E-state index contributed by atoms with van der Waals surface area (Å²) in [7, 11) is 0. The number of hydrogen-bond acceptors (Lipinski definition) is 4. The molecule has 0 unspecified atom stereocenters. The number of aliphatic hydroxyl groups excluding tert-OH is 2. The number of ketones is 1. The summed E-state index contributed by atoms with van der Waals surface area (Å²) in [6.45, 7) is 16.0. The lowest BCUT2D eigenvalue weighted by molar-refractivity contribution is -0.153. The summed E-state index contributed by atoms with van der Waals surface area (Å²) in [5.41, 5.74) is 1.40. The van der Waals surface area contributed by atoms with Crippen LogP contribution in [0.4, 0.5) is 0 Å². The summed E-state index contributed by atoms with van der Waals surface area (Å²) in [5.74, 6) is 2.09. The molecule has 4 fully saturated rings. The molecule has 1 aliphatic heterocycles. The Bertz CT molecular complexity index is 892. The predicted molar refractivity (Wildman–Crippen MR) is 134 cm³/mol. The van der Waals surface area contributed by atoms with Crippen LogP contribution in [-0.2, 0) is 9.53 Å². The Hall–Kier alpha value is -0.710. The molecule has 4 heteroatoms. The van der Waals surface area contributed by atoms with Crippen LogP contribution in [0.3, 0.4) is 0 Å². The van der Waals surface area contributed by atoms with E-state index in [2.05, 4.69) is 47.6 Å². The molecule has 1 saturated heterocycles. The molecule has 5 aliphatic rings. The number of carbonyl (C=O) groups excluding carboxylic acids is 1. The van der Waals surface area contributed by atoms with Crippen molar-refractivity contribution in [2.24, 2.45) is 45.3 Å². The summed E-state index contributed by atoms with van der Waals surface area (Å²) in [4.78, 5) is 12.9. The van der Waals surface area contributed by atoms with Crippen LogP contribution in [0.2, 0.25) is 0 Å². The average molecular weight is 473 g/mol. The average Bonchev–Trinajstić information content (AvgIpc) is 3.32. The standard InChI is InChI=1S/C30H48O4/c1-18(16-22(32)25-26(2,3)34-25)19-10-14-30(7)21-8-9-23-27(4,20(21)11-15-29(19,30)6)13-12-24(33)28(23,5)17-31/h8,18-20,22-23,25,31-32H,9-17H2,1-7H3/t18-,19-,20-,22+,23-,25-,27+,28+,29-,30+/m0/s1. The van der Waals surface area contributed by atoms with Gasteiger partial charge in [0.2, 0.25) is 0 Å². The first-order chi connectivity index (χ1) is 15.7. The lowest BCUT2D eigenvalue weighted by Gasteiger charge is -2.63. The molecular weight excluding hydrogens is 424 g/mol. The van der Waals surface area contributed by atoms with E-state index in [1.165, 1.54) is 25.7 Å². The van der Waals surface area contributed by atoms with Crippen molar-refractivity contribution in [3.63, 3.8) is 0 Å². The maximum absolute atomic E-state index is 12.9. The molecule has 1 heterocycles. The summed E-state index contributed by atoms with van der Waals surface area (Å²) in [5, 5.41) is 21.1. The van der Waals surface area contributed by atoms with Gasteiger partial charge in [-0.1, -0.05) is 46.3 Å². The molecule has 192 valence electrons. The van der Waals surface area contributed by atoms with Gasteiger partial charge >= 0.3 is 0 Å². The number of epoxide rings is 1. The van der Waals surface area contributed by atoms with Crippen LogP contribution >= 0.6 is 0 Å². The monoisotopic (exact) mass is 472 g/mol. The normalized spacial score (nSPS) is 51.1. The topological polar surface area (TPSA) is 70.1 Å². The highest BCUT2D eigenvalue weighted by Gasteiger charge is 2.66. The van der Waals surface area contributed by atoms with Gasteiger partial charge < -0.3 is 14.9 Å². The third-order valence-electron chi connectivity index (χ3n) is 12.5. The molecule has 5 rings (SSSR count). The fraction of sp³-hybridized carbons (Fsp3) is 0.900. The van der Waals surface area contributed by atoms with E-state index in [4.69, 9.17) is 4.74 Å². The number of Topliss-reactive ketones (excluding diaryl/α,β-unsaturated/α-hetero) is 1. The molecule has 0 radical (unpaired) electrons. The molecule has 0 aromatic rings.